The number of nitriles is 1. The Labute approximate surface area is 219 Å². The molecule has 0 saturated carbocycles. The number of hydrogen-bond donors (Lipinski definition) is 2. The van der Waals surface area contributed by atoms with Gasteiger partial charge in [-0.3, -0.25) is 9.59 Å². The van der Waals surface area contributed by atoms with Gasteiger partial charge in [-0.2, -0.15) is 5.26 Å². The SMILES string of the molecule is CC(=O)Nc1nc2ccc(Oc3ccc(F)c(NC(=O)c4cccc(OC(C)(C)C#N)c4Cl)c3)nc2s1. The maximum atomic E-state index is 14.5. The van der Waals surface area contributed by atoms with Gasteiger partial charge in [0.2, 0.25) is 11.8 Å². The number of halogens is 2. The van der Waals surface area contributed by atoms with Crippen molar-refractivity contribution in [2.45, 2.75) is 26.4 Å². The number of carbonyl (C=O) groups is 2. The highest BCUT2D eigenvalue weighted by Gasteiger charge is 2.23. The van der Waals surface area contributed by atoms with E-state index in [4.69, 9.17) is 21.1 Å². The normalized spacial score (nSPS) is 11.0. The van der Waals surface area contributed by atoms with Gasteiger partial charge in [-0.1, -0.05) is 29.0 Å². The van der Waals surface area contributed by atoms with Crippen molar-refractivity contribution in [1.29, 1.82) is 5.26 Å². The van der Waals surface area contributed by atoms with Crippen molar-refractivity contribution in [1.82, 2.24) is 9.97 Å². The number of carbonyl (C=O) groups excluding carboxylic acids is 2. The Kier molecular flexibility index (Phi) is 7.24. The van der Waals surface area contributed by atoms with Gasteiger partial charge in [-0.15, -0.1) is 0 Å². The minimum Gasteiger partial charge on any atom is -0.471 e. The summed E-state index contributed by atoms with van der Waals surface area (Å²) in [6.07, 6.45) is 0. The Morgan fingerprint density at radius 2 is 1.92 bits per heavy atom. The van der Waals surface area contributed by atoms with Crippen molar-refractivity contribution >= 4 is 55.9 Å². The number of rotatable bonds is 7. The minimum atomic E-state index is -1.17. The molecule has 0 spiro atoms. The summed E-state index contributed by atoms with van der Waals surface area (Å²) < 4.78 is 25.9. The largest absolute Gasteiger partial charge is 0.471 e. The molecule has 0 fully saturated rings. The van der Waals surface area contributed by atoms with Crippen LogP contribution in [0.25, 0.3) is 10.3 Å². The fourth-order valence-corrected chi connectivity index (χ4v) is 4.22. The van der Waals surface area contributed by atoms with Crippen molar-refractivity contribution in [3.63, 3.8) is 0 Å². The number of anilines is 2. The highest BCUT2D eigenvalue weighted by Crippen LogP contribution is 2.33. The Bertz CT molecular complexity index is 1570. The van der Waals surface area contributed by atoms with Crippen molar-refractivity contribution in [3.8, 4) is 23.4 Å². The van der Waals surface area contributed by atoms with Crippen LogP contribution in [0.15, 0.2) is 48.5 Å². The van der Waals surface area contributed by atoms with Gasteiger partial charge in [-0.05, 0) is 44.2 Å². The van der Waals surface area contributed by atoms with Crippen LogP contribution in [0.2, 0.25) is 5.02 Å². The second-order valence-corrected chi connectivity index (χ2v) is 9.57. The third-order valence-electron chi connectivity index (χ3n) is 4.76. The lowest BCUT2D eigenvalue weighted by Crippen LogP contribution is -2.26. The molecule has 2 aromatic heterocycles. The van der Waals surface area contributed by atoms with Crippen molar-refractivity contribution in [2.24, 2.45) is 0 Å². The predicted molar refractivity (Wildman–Crippen MR) is 138 cm³/mol. The Balaban J connectivity index is 1.53. The zero-order valence-electron chi connectivity index (χ0n) is 19.8. The highest BCUT2D eigenvalue weighted by atomic mass is 35.5. The second-order valence-electron chi connectivity index (χ2n) is 8.21. The molecule has 2 heterocycles. The lowest BCUT2D eigenvalue weighted by Gasteiger charge is -2.20. The first-order chi connectivity index (χ1) is 17.5. The summed E-state index contributed by atoms with van der Waals surface area (Å²) in [4.78, 5) is 33.3. The molecule has 2 amide bonds. The molecular weight excluding hydrogens is 521 g/mol. The number of pyridine rings is 1. The van der Waals surface area contributed by atoms with E-state index in [-0.39, 0.29) is 39.6 Å². The van der Waals surface area contributed by atoms with E-state index in [1.807, 2.05) is 6.07 Å². The molecule has 0 aliphatic rings. The topological polar surface area (TPSA) is 126 Å². The van der Waals surface area contributed by atoms with Crippen molar-refractivity contribution in [2.75, 3.05) is 10.6 Å². The van der Waals surface area contributed by atoms with Gasteiger partial charge in [-0.25, -0.2) is 14.4 Å². The van der Waals surface area contributed by atoms with Gasteiger partial charge in [0.1, 0.15) is 33.7 Å². The summed E-state index contributed by atoms with van der Waals surface area (Å²) in [6.45, 7) is 4.49. The molecule has 0 radical (unpaired) electrons. The lowest BCUT2D eigenvalue weighted by atomic mass is 10.1. The van der Waals surface area contributed by atoms with Gasteiger partial charge in [0.15, 0.2) is 10.7 Å². The van der Waals surface area contributed by atoms with Crippen LogP contribution >= 0.6 is 22.9 Å². The molecule has 4 rings (SSSR count). The number of hydrogen-bond acceptors (Lipinski definition) is 8. The van der Waals surface area contributed by atoms with Crippen LogP contribution in [-0.2, 0) is 4.79 Å². The summed E-state index contributed by atoms with van der Waals surface area (Å²) in [6, 6.07) is 13.6. The molecule has 0 unspecified atom stereocenters. The predicted octanol–water partition coefficient (Wildman–Crippen LogP) is 6.17. The third kappa shape index (κ3) is 6.11. The molecule has 4 aromatic rings. The molecule has 12 heteroatoms. The molecule has 0 bridgehead atoms. The summed E-state index contributed by atoms with van der Waals surface area (Å²) in [5.74, 6) is -1.05. The summed E-state index contributed by atoms with van der Waals surface area (Å²) >= 11 is 7.52. The first-order valence-electron chi connectivity index (χ1n) is 10.8. The molecule has 0 atom stereocenters. The average Bonchev–Trinajstić information content (AvgIpc) is 3.23. The summed E-state index contributed by atoms with van der Waals surface area (Å²) in [7, 11) is 0. The van der Waals surface area contributed by atoms with Crippen molar-refractivity contribution in [3.05, 3.63) is 64.9 Å². The molecular formula is C25H19ClFN5O4S. The van der Waals surface area contributed by atoms with Crippen LogP contribution in [0, 0.1) is 17.1 Å². The first-order valence-corrected chi connectivity index (χ1v) is 12.0. The van der Waals surface area contributed by atoms with Gasteiger partial charge >= 0.3 is 0 Å². The number of nitrogens with one attached hydrogen (secondary N) is 2. The van der Waals surface area contributed by atoms with E-state index in [2.05, 4.69) is 20.6 Å². The van der Waals surface area contributed by atoms with Crippen LogP contribution in [0.3, 0.4) is 0 Å². The van der Waals surface area contributed by atoms with Crippen LogP contribution in [0.5, 0.6) is 17.4 Å². The van der Waals surface area contributed by atoms with Crippen LogP contribution in [-0.4, -0.2) is 27.4 Å². The first kappa shape index (κ1) is 25.8. The third-order valence-corrected chi connectivity index (χ3v) is 6.03. The number of thiazole rings is 1. The molecule has 9 nitrogen and oxygen atoms in total. The van der Waals surface area contributed by atoms with E-state index in [0.29, 0.717) is 15.5 Å². The molecule has 2 aromatic carbocycles. The van der Waals surface area contributed by atoms with E-state index >= 15 is 0 Å². The number of ether oxygens (including phenoxy) is 2. The fraction of sp³-hybridized carbons (Fsp3) is 0.160. The Morgan fingerprint density at radius 1 is 1.14 bits per heavy atom. The van der Waals surface area contributed by atoms with Crippen molar-refractivity contribution < 1.29 is 23.5 Å². The van der Waals surface area contributed by atoms with Crippen LogP contribution in [0.4, 0.5) is 15.2 Å². The van der Waals surface area contributed by atoms with Crippen LogP contribution < -0.4 is 20.1 Å². The van der Waals surface area contributed by atoms with E-state index < -0.39 is 17.3 Å². The molecule has 0 saturated heterocycles. The molecule has 0 aliphatic carbocycles. The molecule has 37 heavy (non-hydrogen) atoms. The number of fused-ring (bicyclic) bond motifs is 1. The number of nitrogens with zero attached hydrogens (tertiary/aromatic N) is 3. The maximum Gasteiger partial charge on any atom is 0.257 e. The van der Waals surface area contributed by atoms with Crippen LogP contribution in [0.1, 0.15) is 31.1 Å². The highest BCUT2D eigenvalue weighted by molar-refractivity contribution is 7.21. The Morgan fingerprint density at radius 3 is 2.65 bits per heavy atom. The van der Waals surface area contributed by atoms with Gasteiger partial charge in [0, 0.05) is 19.1 Å². The average molecular weight is 540 g/mol. The maximum absolute atomic E-state index is 14.5. The number of aromatic nitrogens is 2. The summed E-state index contributed by atoms with van der Waals surface area (Å²) in [5.41, 5.74) is -0.701. The number of amides is 2. The molecule has 0 aliphatic heterocycles. The van der Waals surface area contributed by atoms with E-state index in [1.165, 1.54) is 48.6 Å². The van der Waals surface area contributed by atoms with E-state index in [9.17, 15) is 19.2 Å². The van der Waals surface area contributed by atoms with Gasteiger partial charge < -0.3 is 20.1 Å². The number of benzene rings is 2. The fourth-order valence-electron chi connectivity index (χ4n) is 3.10. The molecule has 188 valence electrons. The zero-order valence-corrected chi connectivity index (χ0v) is 21.3. The second kappa shape index (κ2) is 10.4. The monoisotopic (exact) mass is 539 g/mol. The Hall–Kier alpha value is -4.27. The standard InChI is InChI=1S/C25H19ClFN5O4S/c1-13(33)29-24-31-17-9-10-20(32-23(17)37-24)35-14-7-8-16(27)18(11-14)30-22(34)15-5-4-6-19(21(15)26)36-25(2,3)12-28/h4-11H,1-3H3,(H,30,34)(H,29,31,33). The zero-order chi connectivity index (χ0) is 26.7. The van der Waals surface area contributed by atoms with Gasteiger partial charge in [0.25, 0.3) is 5.91 Å². The smallest absolute Gasteiger partial charge is 0.257 e. The molecule has 2 N–H and O–H groups in total. The summed E-state index contributed by atoms with van der Waals surface area (Å²) in [5, 5.41) is 14.7. The van der Waals surface area contributed by atoms with E-state index in [1.54, 1.807) is 26.0 Å². The van der Waals surface area contributed by atoms with E-state index in [0.717, 1.165) is 6.07 Å². The minimum absolute atomic E-state index is 0.0168. The van der Waals surface area contributed by atoms with Gasteiger partial charge in [0.05, 0.1) is 16.3 Å². The lowest BCUT2D eigenvalue weighted by molar-refractivity contribution is -0.114. The quantitative estimate of drug-likeness (QED) is 0.287.